The van der Waals surface area contributed by atoms with Crippen molar-refractivity contribution in [2.75, 3.05) is 41.7 Å². The third-order valence-electron chi connectivity index (χ3n) is 3.79. The molecular weight excluding hydrogens is 329 g/mol. The van der Waals surface area contributed by atoms with Crippen molar-refractivity contribution >= 4 is 29.2 Å². The lowest BCUT2D eigenvalue weighted by atomic mass is 10.2. The molecule has 0 aliphatic carbocycles. The number of aromatic nitrogens is 2. The Hall–Kier alpha value is -2.35. The monoisotopic (exact) mass is 347 g/mol. The predicted molar refractivity (Wildman–Crippen MR) is 92.8 cm³/mol. The molecule has 0 saturated carbocycles. The van der Waals surface area contributed by atoms with Crippen LogP contribution in [-0.4, -0.2) is 47.8 Å². The number of primary amides is 1. The number of nitrogens with zero attached hydrogens (tertiary/aromatic N) is 4. The average molecular weight is 347 g/mol. The molecular formula is C16H18FN5OS. The largest absolute Gasteiger partial charge is 0.369 e. The van der Waals surface area contributed by atoms with E-state index < -0.39 is 0 Å². The topological polar surface area (TPSA) is 75.4 Å². The molecule has 126 valence electrons. The molecule has 0 atom stereocenters. The minimum absolute atomic E-state index is 0.203. The molecule has 2 aromatic rings. The van der Waals surface area contributed by atoms with Crippen LogP contribution in [0.5, 0.6) is 0 Å². The number of hydrogen-bond acceptors (Lipinski definition) is 6. The number of rotatable bonds is 5. The molecule has 1 aromatic carbocycles. The van der Waals surface area contributed by atoms with Crippen LogP contribution < -0.4 is 15.5 Å². The first-order valence-corrected chi connectivity index (χ1v) is 8.59. The fraction of sp³-hybridized carbons (Fsp3) is 0.312. The van der Waals surface area contributed by atoms with E-state index in [1.807, 2.05) is 6.07 Å². The first-order chi connectivity index (χ1) is 11.6. The van der Waals surface area contributed by atoms with Gasteiger partial charge in [-0.1, -0.05) is 11.8 Å². The summed E-state index contributed by atoms with van der Waals surface area (Å²) in [6.45, 7) is 3.29. The van der Waals surface area contributed by atoms with Crippen molar-refractivity contribution in [1.82, 2.24) is 9.97 Å². The van der Waals surface area contributed by atoms with Crippen molar-refractivity contribution in [1.29, 1.82) is 0 Å². The Balaban J connectivity index is 1.61. The van der Waals surface area contributed by atoms with E-state index in [9.17, 15) is 9.18 Å². The van der Waals surface area contributed by atoms with E-state index in [2.05, 4.69) is 19.8 Å². The van der Waals surface area contributed by atoms with Gasteiger partial charge in [-0.25, -0.2) is 14.4 Å². The molecule has 1 aliphatic rings. The zero-order chi connectivity index (χ0) is 16.9. The van der Waals surface area contributed by atoms with Crippen LogP contribution in [0.4, 0.5) is 15.9 Å². The van der Waals surface area contributed by atoms with Crippen LogP contribution in [-0.2, 0) is 4.79 Å². The summed E-state index contributed by atoms with van der Waals surface area (Å²) in [5, 5.41) is 0.736. The van der Waals surface area contributed by atoms with Crippen molar-refractivity contribution < 1.29 is 9.18 Å². The lowest BCUT2D eigenvalue weighted by Gasteiger charge is -2.36. The molecule has 3 rings (SSSR count). The summed E-state index contributed by atoms with van der Waals surface area (Å²) in [4.78, 5) is 23.7. The second-order valence-electron chi connectivity index (χ2n) is 5.42. The second-order valence-corrected chi connectivity index (χ2v) is 6.42. The van der Waals surface area contributed by atoms with Gasteiger partial charge < -0.3 is 15.5 Å². The number of benzene rings is 1. The average Bonchev–Trinajstić information content (AvgIpc) is 2.61. The van der Waals surface area contributed by atoms with Gasteiger partial charge in [-0.2, -0.15) is 0 Å². The Labute approximate surface area is 143 Å². The van der Waals surface area contributed by atoms with Gasteiger partial charge in [0.2, 0.25) is 5.91 Å². The summed E-state index contributed by atoms with van der Waals surface area (Å²) in [5.41, 5.74) is 6.18. The maximum atomic E-state index is 13.0. The van der Waals surface area contributed by atoms with Crippen LogP contribution in [0.15, 0.2) is 41.7 Å². The first kappa shape index (κ1) is 16.5. The predicted octanol–water partition coefficient (Wildman–Crippen LogP) is 1.52. The van der Waals surface area contributed by atoms with Crippen molar-refractivity contribution in [3.63, 3.8) is 0 Å². The molecule has 1 saturated heterocycles. The van der Waals surface area contributed by atoms with E-state index in [0.717, 1.165) is 42.7 Å². The molecule has 0 spiro atoms. The fourth-order valence-corrected chi connectivity index (χ4v) is 3.17. The first-order valence-electron chi connectivity index (χ1n) is 7.60. The quantitative estimate of drug-likeness (QED) is 0.653. The zero-order valence-corrected chi connectivity index (χ0v) is 13.9. The molecule has 2 N–H and O–H groups in total. The lowest BCUT2D eigenvalue weighted by Crippen LogP contribution is -2.46. The summed E-state index contributed by atoms with van der Waals surface area (Å²) in [6.07, 6.45) is 1.50. The third kappa shape index (κ3) is 4.14. The summed E-state index contributed by atoms with van der Waals surface area (Å²) in [7, 11) is 0. The highest BCUT2D eigenvalue weighted by molar-refractivity contribution is 7.99. The number of anilines is 2. The highest BCUT2D eigenvalue weighted by atomic mass is 32.2. The molecule has 0 radical (unpaired) electrons. The second kappa shape index (κ2) is 7.48. The van der Waals surface area contributed by atoms with Gasteiger partial charge >= 0.3 is 0 Å². The standard InChI is InChI=1S/C16H18FN5OS/c17-12-1-3-13(4-2-12)21-5-7-22(8-6-21)15-9-16(20-11-19-15)24-10-14(18)23/h1-4,9,11H,5-8,10H2,(H2,18,23). The van der Waals surface area contributed by atoms with E-state index in [4.69, 9.17) is 5.73 Å². The highest BCUT2D eigenvalue weighted by Crippen LogP contribution is 2.22. The van der Waals surface area contributed by atoms with Gasteiger partial charge in [-0.15, -0.1) is 0 Å². The maximum absolute atomic E-state index is 13.0. The van der Waals surface area contributed by atoms with E-state index in [-0.39, 0.29) is 17.5 Å². The van der Waals surface area contributed by atoms with E-state index in [1.165, 1.54) is 30.2 Å². The van der Waals surface area contributed by atoms with E-state index in [1.54, 1.807) is 12.1 Å². The molecule has 2 heterocycles. The number of halogens is 1. The summed E-state index contributed by atoms with van der Waals surface area (Å²) in [5.74, 6) is 0.456. The Morgan fingerprint density at radius 1 is 1.12 bits per heavy atom. The van der Waals surface area contributed by atoms with Gasteiger partial charge in [0.25, 0.3) is 0 Å². The normalized spacial score (nSPS) is 14.7. The third-order valence-corrected chi connectivity index (χ3v) is 4.73. The van der Waals surface area contributed by atoms with Crippen LogP contribution in [0.2, 0.25) is 0 Å². The summed E-state index contributed by atoms with van der Waals surface area (Å²) in [6, 6.07) is 8.44. The number of carbonyl (C=O) groups excluding carboxylic acids is 1. The summed E-state index contributed by atoms with van der Waals surface area (Å²) < 4.78 is 13.0. The van der Waals surface area contributed by atoms with E-state index >= 15 is 0 Å². The zero-order valence-electron chi connectivity index (χ0n) is 13.1. The molecule has 0 unspecified atom stereocenters. The molecule has 1 fully saturated rings. The molecule has 6 nitrogen and oxygen atoms in total. The van der Waals surface area contributed by atoms with Crippen LogP contribution in [0.3, 0.4) is 0 Å². The Kier molecular flexibility index (Phi) is 5.14. The highest BCUT2D eigenvalue weighted by Gasteiger charge is 2.19. The van der Waals surface area contributed by atoms with Crippen molar-refractivity contribution in [2.24, 2.45) is 5.73 Å². The maximum Gasteiger partial charge on any atom is 0.227 e. The lowest BCUT2D eigenvalue weighted by molar-refractivity contribution is -0.115. The van der Waals surface area contributed by atoms with Gasteiger partial charge in [0.05, 0.1) is 5.75 Å². The van der Waals surface area contributed by atoms with Crippen molar-refractivity contribution in [3.05, 3.63) is 42.5 Å². The Morgan fingerprint density at radius 3 is 2.46 bits per heavy atom. The molecule has 8 heteroatoms. The minimum Gasteiger partial charge on any atom is -0.369 e. The number of amides is 1. The molecule has 1 aliphatic heterocycles. The molecule has 1 amide bonds. The number of piperazine rings is 1. The Morgan fingerprint density at radius 2 is 1.79 bits per heavy atom. The van der Waals surface area contributed by atoms with Crippen LogP contribution >= 0.6 is 11.8 Å². The van der Waals surface area contributed by atoms with Gasteiger partial charge in [0, 0.05) is 37.9 Å². The minimum atomic E-state index is -0.368. The summed E-state index contributed by atoms with van der Waals surface area (Å²) >= 11 is 1.31. The van der Waals surface area contributed by atoms with Gasteiger partial charge in [0.15, 0.2) is 0 Å². The number of thioether (sulfide) groups is 1. The van der Waals surface area contributed by atoms with Gasteiger partial charge in [-0.05, 0) is 24.3 Å². The number of hydrogen-bond donors (Lipinski definition) is 1. The van der Waals surface area contributed by atoms with Crippen molar-refractivity contribution in [2.45, 2.75) is 5.03 Å². The molecule has 24 heavy (non-hydrogen) atoms. The smallest absolute Gasteiger partial charge is 0.227 e. The van der Waals surface area contributed by atoms with Crippen LogP contribution in [0.1, 0.15) is 0 Å². The van der Waals surface area contributed by atoms with Gasteiger partial charge in [-0.3, -0.25) is 4.79 Å². The van der Waals surface area contributed by atoms with Crippen molar-refractivity contribution in [3.8, 4) is 0 Å². The van der Waals surface area contributed by atoms with E-state index in [0.29, 0.717) is 0 Å². The SMILES string of the molecule is NC(=O)CSc1cc(N2CCN(c3ccc(F)cc3)CC2)ncn1. The Bertz CT molecular complexity index is 704. The van der Waals surface area contributed by atoms with Crippen LogP contribution in [0, 0.1) is 5.82 Å². The number of nitrogens with two attached hydrogens (primary N) is 1. The molecule has 1 aromatic heterocycles. The van der Waals surface area contributed by atoms with Crippen LogP contribution in [0.25, 0.3) is 0 Å². The fourth-order valence-electron chi connectivity index (χ4n) is 2.57. The molecule has 0 bridgehead atoms. The van der Waals surface area contributed by atoms with Gasteiger partial charge in [0.1, 0.15) is 23.0 Å². The number of carbonyl (C=O) groups is 1.